The Morgan fingerprint density at radius 2 is 1.78 bits per heavy atom. The van der Waals surface area contributed by atoms with Crippen LogP contribution in [0.15, 0.2) is 47.4 Å². The number of nitrogens with one attached hydrogen (secondary N) is 1. The molecule has 4 nitrogen and oxygen atoms in total. The van der Waals surface area contributed by atoms with E-state index < -0.39 is 15.8 Å². The van der Waals surface area contributed by atoms with E-state index in [9.17, 15) is 12.8 Å². The second-order valence-corrected chi connectivity index (χ2v) is 7.06. The van der Waals surface area contributed by atoms with Crippen molar-refractivity contribution < 1.29 is 17.5 Å². The highest BCUT2D eigenvalue weighted by atomic mass is 32.2. The van der Waals surface area contributed by atoms with Gasteiger partial charge in [0.15, 0.2) is 0 Å². The van der Waals surface area contributed by atoms with E-state index in [-0.39, 0.29) is 10.8 Å². The Balaban J connectivity index is 2.43. The molecule has 0 saturated carbocycles. The number of hydrogen-bond acceptors (Lipinski definition) is 3. The van der Waals surface area contributed by atoms with Crippen molar-refractivity contribution in [1.29, 1.82) is 0 Å². The number of anilines is 1. The third-order valence-corrected chi connectivity index (χ3v) is 4.72. The van der Waals surface area contributed by atoms with Crippen LogP contribution >= 0.6 is 0 Å². The molecule has 0 heterocycles. The zero-order valence-corrected chi connectivity index (χ0v) is 14.2. The summed E-state index contributed by atoms with van der Waals surface area (Å²) in [5, 5.41) is 0. The Bertz CT molecular complexity index is 771. The van der Waals surface area contributed by atoms with E-state index in [2.05, 4.69) is 4.72 Å². The highest BCUT2D eigenvalue weighted by Crippen LogP contribution is 2.29. The van der Waals surface area contributed by atoms with Gasteiger partial charge in [-0.1, -0.05) is 19.9 Å². The largest absolute Gasteiger partial charge is 0.492 e. The van der Waals surface area contributed by atoms with Gasteiger partial charge in [-0.25, -0.2) is 12.8 Å². The van der Waals surface area contributed by atoms with E-state index in [0.717, 1.165) is 5.56 Å². The van der Waals surface area contributed by atoms with Gasteiger partial charge >= 0.3 is 0 Å². The van der Waals surface area contributed by atoms with Gasteiger partial charge in [0.2, 0.25) is 0 Å². The second kappa shape index (κ2) is 7.00. The molecular weight excluding hydrogens is 317 g/mol. The van der Waals surface area contributed by atoms with Crippen LogP contribution in [-0.2, 0) is 10.0 Å². The van der Waals surface area contributed by atoms with E-state index in [4.69, 9.17) is 4.74 Å². The molecule has 0 bridgehead atoms. The van der Waals surface area contributed by atoms with Gasteiger partial charge in [-0.2, -0.15) is 0 Å². The molecule has 0 aromatic heterocycles. The van der Waals surface area contributed by atoms with Crippen molar-refractivity contribution in [2.75, 3.05) is 11.3 Å². The fourth-order valence-corrected chi connectivity index (χ4v) is 3.34. The summed E-state index contributed by atoms with van der Waals surface area (Å²) in [4.78, 5) is 0.0786. The molecule has 2 rings (SSSR count). The standard InChI is InChI=1S/C17H20FNO3S/c1-4-22-16-10-5-13(12(2)3)11-17(16)23(20,21)19-15-8-6-14(18)7-9-15/h5-12,19H,4H2,1-3H3. The van der Waals surface area contributed by atoms with Crippen LogP contribution in [0.1, 0.15) is 32.3 Å². The lowest BCUT2D eigenvalue weighted by atomic mass is 10.0. The SMILES string of the molecule is CCOc1ccc(C(C)C)cc1S(=O)(=O)Nc1ccc(F)cc1. The molecule has 0 saturated heterocycles. The molecule has 2 aromatic carbocycles. The molecule has 6 heteroatoms. The minimum absolute atomic E-state index is 0.0786. The van der Waals surface area contributed by atoms with Crippen molar-refractivity contribution in [3.8, 4) is 5.75 Å². The van der Waals surface area contributed by atoms with Crippen molar-refractivity contribution in [2.45, 2.75) is 31.6 Å². The Morgan fingerprint density at radius 1 is 1.13 bits per heavy atom. The van der Waals surface area contributed by atoms with Gasteiger partial charge < -0.3 is 4.74 Å². The summed E-state index contributed by atoms with van der Waals surface area (Å²) in [5.74, 6) is 0.0571. The lowest BCUT2D eigenvalue weighted by molar-refractivity contribution is 0.331. The van der Waals surface area contributed by atoms with Crippen molar-refractivity contribution in [2.24, 2.45) is 0 Å². The fourth-order valence-electron chi connectivity index (χ4n) is 2.10. The molecule has 0 aliphatic heterocycles. The quantitative estimate of drug-likeness (QED) is 0.861. The van der Waals surface area contributed by atoms with Crippen molar-refractivity contribution >= 4 is 15.7 Å². The summed E-state index contributed by atoms with van der Waals surface area (Å²) >= 11 is 0. The van der Waals surface area contributed by atoms with E-state index in [0.29, 0.717) is 18.0 Å². The van der Waals surface area contributed by atoms with Crippen LogP contribution < -0.4 is 9.46 Å². The number of halogens is 1. The molecule has 0 radical (unpaired) electrons. The minimum atomic E-state index is -3.83. The average Bonchev–Trinajstić information content (AvgIpc) is 2.50. The summed E-state index contributed by atoms with van der Waals surface area (Å²) in [7, 11) is -3.83. The van der Waals surface area contributed by atoms with Crippen LogP contribution in [-0.4, -0.2) is 15.0 Å². The lowest BCUT2D eigenvalue weighted by Crippen LogP contribution is -2.15. The van der Waals surface area contributed by atoms with Crippen LogP contribution in [0.5, 0.6) is 5.75 Å². The van der Waals surface area contributed by atoms with Crippen LogP contribution in [0.25, 0.3) is 0 Å². The Hall–Kier alpha value is -2.08. The minimum Gasteiger partial charge on any atom is -0.492 e. The Labute approximate surface area is 136 Å². The van der Waals surface area contributed by atoms with Gasteiger partial charge in [0.1, 0.15) is 16.5 Å². The molecule has 2 aromatic rings. The van der Waals surface area contributed by atoms with Gasteiger partial charge in [0.25, 0.3) is 10.0 Å². The summed E-state index contributed by atoms with van der Waals surface area (Å²) in [6.07, 6.45) is 0. The summed E-state index contributed by atoms with van der Waals surface area (Å²) in [6.45, 7) is 6.12. The predicted octanol–water partition coefficient (Wildman–Crippen LogP) is 4.15. The topological polar surface area (TPSA) is 55.4 Å². The van der Waals surface area contributed by atoms with Gasteiger partial charge in [-0.15, -0.1) is 0 Å². The first-order chi connectivity index (χ1) is 10.8. The van der Waals surface area contributed by atoms with Crippen molar-refractivity contribution in [3.63, 3.8) is 0 Å². The molecule has 0 spiro atoms. The maximum absolute atomic E-state index is 13.0. The smallest absolute Gasteiger partial charge is 0.265 e. The van der Waals surface area contributed by atoms with Crippen molar-refractivity contribution in [1.82, 2.24) is 0 Å². The lowest BCUT2D eigenvalue weighted by Gasteiger charge is -2.15. The number of hydrogen-bond donors (Lipinski definition) is 1. The van der Waals surface area contributed by atoms with Crippen LogP contribution in [0.2, 0.25) is 0 Å². The van der Waals surface area contributed by atoms with Crippen LogP contribution in [0.4, 0.5) is 10.1 Å². The molecule has 124 valence electrons. The summed E-state index contributed by atoms with van der Waals surface area (Å²) < 4.78 is 46.2. The normalized spacial score (nSPS) is 11.5. The second-order valence-electron chi connectivity index (χ2n) is 5.41. The van der Waals surface area contributed by atoms with Gasteiger partial charge in [0.05, 0.1) is 6.61 Å². The van der Waals surface area contributed by atoms with Gasteiger partial charge in [-0.05, 0) is 54.8 Å². The number of benzene rings is 2. The predicted molar refractivity (Wildman–Crippen MR) is 88.9 cm³/mol. The molecule has 0 atom stereocenters. The Morgan fingerprint density at radius 3 is 2.35 bits per heavy atom. The number of sulfonamides is 1. The fraction of sp³-hybridized carbons (Fsp3) is 0.294. The molecule has 0 fully saturated rings. The molecule has 0 aliphatic carbocycles. The first kappa shape index (κ1) is 17.3. The molecular formula is C17H20FNO3S. The van der Waals surface area contributed by atoms with E-state index in [1.54, 1.807) is 19.1 Å². The van der Waals surface area contributed by atoms with Gasteiger partial charge in [0, 0.05) is 5.69 Å². The highest BCUT2D eigenvalue weighted by Gasteiger charge is 2.21. The zero-order chi connectivity index (χ0) is 17.0. The first-order valence-electron chi connectivity index (χ1n) is 7.38. The maximum Gasteiger partial charge on any atom is 0.265 e. The number of ether oxygens (including phenoxy) is 1. The Kier molecular flexibility index (Phi) is 5.26. The van der Waals surface area contributed by atoms with E-state index >= 15 is 0 Å². The summed E-state index contributed by atoms with van der Waals surface area (Å²) in [5.41, 5.74) is 1.19. The van der Waals surface area contributed by atoms with E-state index in [1.807, 2.05) is 19.9 Å². The third-order valence-electron chi connectivity index (χ3n) is 3.32. The molecule has 0 aliphatic rings. The summed E-state index contributed by atoms with van der Waals surface area (Å²) in [6, 6.07) is 10.3. The first-order valence-corrected chi connectivity index (χ1v) is 8.87. The maximum atomic E-state index is 13.0. The molecule has 0 unspecified atom stereocenters. The monoisotopic (exact) mass is 337 g/mol. The van der Waals surface area contributed by atoms with Crippen LogP contribution in [0.3, 0.4) is 0 Å². The molecule has 23 heavy (non-hydrogen) atoms. The third kappa shape index (κ3) is 4.22. The highest BCUT2D eigenvalue weighted by molar-refractivity contribution is 7.92. The molecule has 1 N–H and O–H groups in total. The van der Waals surface area contributed by atoms with Gasteiger partial charge in [-0.3, -0.25) is 4.72 Å². The van der Waals surface area contributed by atoms with Crippen LogP contribution in [0, 0.1) is 5.82 Å². The number of rotatable bonds is 6. The molecule has 0 amide bonds. The average molecular weight is 337 g/mol. The zero-order valence-electron chi connectivity index (χ0n) is 13.3. The van der Waals surface area contributed by atoms with E-state index in [1.165, 1.54) is 24.3 Å². The van der Waals surface area contributed by atoms with Crippen molar-refractivity contribution in [3.05, 3.63) is 53.8 Å².